The van der Waals surface area contributed by atoms with Crippen LogP contribution < -0.4 is 11.5 Å². The average Bonchev–Trinajstić information content (AvgIpc) is 1.33. The van der Waals surface area contributed by atoms with E-state index in [1.165, 1.54) is 0 Å². The van der Waals surface area contributed by atoms with Crippen LogP contribution in [-0.4, -0.2) is 22.0 Å². The van der Waals surface area contributed by atoms with Crippen LogP contribution in [0.5, 0.6) is 0 Å². The summed E-state index contributed by atoms with van der Waals surface area (Å²) in [5.74, 6) is -0.333. The number of nitriles is 1. The van der Waals surface area contributed by atoms with Crippen LogP contribution in [0.3, 0.4) is 0 Å². The van der Waals surface area contributed by atoms with E-state index >= 15 is 0 Å². The average molecular weight is 165 g/mol. The Morgan fingerprint density at radius 1 is 1.71 bits per heavy atom. The summed E-state index contributed by atoms with van der Waals surface area (Å²) in [7, 11) is 0. The second-order valence-electron chi connectivity index (χ2n) is 0.555. The molecule has 0 fully saturated rings. The van der Waals surface area contributed by atoms with E-state index in [-0.39, 0.29) is 5.96 Å². The van der Waals surface area contributed by atoms with Crippen molar-refractivity contribution in [1.82, 2.24) is 0 Å². The maximum Gasteiger partial charge on any atom is 0.183 e. The van der Waals surface area contributed by atoms with Gasteiger partial charge in [-0.25, -0.2) is 0 Å². The second kappa shape index (κ2) is 8.99. The summed E-state index contributed by atoms with van der Waals surface area (Å²) in [6, 6.07) is 0. The van der Waals surface area contributed by atoms with Gasteiger partial charge < -0.3 is 11.5 Å². The molecule has 0 amide bonds. The molecule has 40 valence electrons. The SMILES string of the molecule is N#C[SeH].N=C(N)N. The van der Waals surface area contributed by atoms with Crippen molar-refractivity contribution >= 4 is 22.0 Å². The minimum Gasteiger partial charge on any atom is -0.370 e. The second-order valence-corrected chi connectivity index (χ2v) is 0.975. The minimum atomic E-state index is -0.333. The molecule has 0 aromatic heterocycles. The zero-order chi connectivity index (χ0) is 6.28. The molecule has 0 aliphatic rings. The zero-order valence-electron chi connectivity index (χ0n) is 3.55. The van der Waals surface area contributed by atoms with Crippen LogP contribution in [-0.2, 0) is 0 Å². The van der Waals surface area contributed by atoms with E-state index in [9.17, 15) is 0 Å². The van der Waals surface area contributed by atoms with Crippen LogP contribution in [0.2, 0.25) is 0 Å². The molecular formula is C2H6N4Se. The molecule has 0 aromatic rings. The van der Waals surface area contributed by atoms with E-state index in [1.807, 2.05) is 0 Å². The topological polar surface area (TPSA) is 99.7 Å². The van der Waals surface area contributed by atoms with E-state index in [0.29, 0.717) is 0 Å². The Labute approximate surface area is 49.8 Å². The van der Waals surface area contributed by atoms with E-state index in [1.54, 1.807) is 21.0 Å². The van der Waals surface area contributed by atoms with Crippen molar-refractivity contribution in [3.63, 3.8) is 0 Å². The number of hydrogen-bond donors (Lipinski definition) is 3. The van der Waals surface area contributed by atoms with Crippen LogP contribution in [0.25, 0.3) is 0 Å². The molecular weight excluding hydrogens is 159 g/mol. The van der Waals surface area contributed by atoms with Gasteiger partial charge in [-0.05, 0) is 0 Å². The Bertz CT molecular complexity index is 78.2. The van der Waals surface area contributed by atoms with Gasteiger partial charge in [0.15, 0.2) is 5.96 Å². The molecule has 7 heavy (non-hydrogen) atoms. The van der Waals surface area contributed by atoms with Crippen molar-refractivity contribution in [3.8, 4) is 4.97 Å². The van der Waals surface area contributed by atoms with Crippen molar-refractivity contribution in [3.05, 3.63) is 0 Å². The van der Waals surface area contributed by atoms with Gasteiger partial charge in [0.05, 0.1) is 0 Å². The van der Waals surface area contributed by atoms with Gasteiger partial charge in [-0.15, -0.1) is 0 Å². The standard InChI is InChI=1S/CH5N3.CHNSe/c2-1(3)4;2-1-3/h(H5,2,3,4);3H. The Balaban J connectivity index is 0. The molecule has 5 N–H and O–H groups in total. The molecule has 0 aliphatic heterocycles. The molecule has 0 aliphatic carbocycles. The third kappa shape index (κ3) is 109. The molecule has 5 heteroatoms. The Morgan fingerprint density at radius 3 is 1.71 bits per heavy atom. The Kier molecular flexibility index (Phi) is 12.3. The molecule has 0 rings (SSSR count). The molecule has 0 radical (unpaired) electrons. The minimum absolute atomic E-state index is 0.333. The van der Waals surface area contributed by atoms with Crippen molar-refractivity contribution in [1.29, 1.82) is 10.7 Å². The van der Waals surface area contributed by atoms with Crippen molar-refractivity contribution in [2.24, 2.45) is 11.5 Å². The van der Waals surface area contributed by atoms with E-state index in [0.717, 1.165) is 0 Å². The number of nitrogens with one attached hydrogen (secondary N) is 1. The van der Waals surface area contributed by atoms with E-state index < -0.39 is 0 Å². The fourth-order valence-corrected chi connectivity index (χ4v) is 0. The van der Waals surface area contributed by atoms with Crippen LogP contribution in [0.4, 0.5) is 0 Å². The quantitative estimate of drug-likeness (QED) is 0.224. The molecule has 0 heterocycles. The molecule has 0 bridgehead atoms. The van der Waals surface area contributed by atoms with Gasteiger partial charge in [0.2, 0.25) is 0 Å². The van der Waals surface area contributed by atoms with E-state index in [2.05, 4.69) is 11.5 Å². The predicted molar refractivity (Wildman–Crippen MR) is 28.9 cm³/mol. The summed E-state index contributed by atoms with van der Waals surface area (Å²) >= 11 is 1.77. The number of nitrogens with zero attached hydrogens (tertiary/aromatic N) is 1. The van der Waals surface area contributed by atoms with Crippen LogP contribution in [0.1, 0.15) is 0 Å². The maximum atomic E-state index is 7.29. The summed E-state index contributed by atoms with van der Waals surface area (Å²) in [6.45, 7) is 0. The molecule has 0 saturated carbocycles. The summed E-state index contributed by atoms with van der Waals surface area (Å²) in [5, 5.41) is 13.3. The maximum absolute atomic E-state index is 7.29. The largest absolute Gasteiger partial charge is 0.370 e. The van der Waals surface area contributed by atoms with Crippen molar-refractivity contribution in [2.75, 3.05) is 0 Å². The first-order valence-electron chi connectivity index (χ1n) is 1.27. The first kappa shape index (κ1) is 9.56. The van der Waals surface area contributed by atoms with Crippen LogP contribution >= 0.6 is 0 Å². The smallest absolute Gasteiger partial charge is 0.183 e. The number of rotatable bonds is 0. The monoisotopic (exact) mass is 166 g/mol. The van der Waals surface area contributed by atoms with Crippen LogP contribution in [0, 0.1) is 15.6 Å². The molecule has 0 aromatic carbocycles. The molecule has 0 atom stereocenters. The number of nitrogens with two attached hydrogens (primary N) is 2. The molecule has 0 saturated heterocycles. The molecule has 0 spiro atoms. The summed E-state index contributed by atoms with van der Waals surface area (Å²) in [6.07, 6.45) is 0. The third-order valence-electron chi connectivity index (χ3n) is 0. The van der Waals surface area contributed by atoms with Gasteiger partial charge in [0.1, 0.15) is 0 Å². The van der Waals surface area contributed by atoms with Crippen LogP contribution in [0.15, 0.2) is 0 Å². The molecule has 0 unspecified atom stereocenters. The van der Waals surface area contributed by atoms with Gasteiger partial charge in [0.25, 0.3) is 0 Å². The summed E-state index contributed by atoms with van der Waals surface area (Å²) in [4.78, 5) is 1.69. The van der Waals surface area contributed by atoms with Gasteiger partial charge in [0, 0.05) is 0 Å². The van der Waals surface area contributed by atoms with Gasteiger partial charge in [-0.1, -0.05) is 0 Å². The first-order chi connectivity index (χ1) is 3.15. The fourth-order valence-electron chi connectivity index (χ4n) is 0. The summed E-state index contributed by atoms with van der Waals surface area (Å²) < 4.78 is 0. The number of guanidine groups is 1. The number of hydrogen-bond acceptors (Lipinski definition) is 2. The summed E-state index contributed by atoms with van der Waals surface area (Å²) in [5.41, 5.74) is 8.94. The van der Waals surface area contributed by atoms with E-state index in [4.69, 9.17) is 10.7 Å². The fraction of sp³-hybridized carbons (Fsp3) is 0. The molecule has 4 nitrogen and oxygen atoms in total. The van der Waals surface area contributed by atoms with Crippen molar-refractivity contribution in [2.45, 2.75) is 0 Å². The van der Waals surface area contributed by atoms with Gasteiger partial charge in [-0.3, -0.25) is 5.41 Å². The Hall–Kier alpha value is -0.721. The van der Waals surface area contributed by atoms with Crippen molar-refractivity contribution < 1.29 is 0 Å². The normalized spacial score (nSPS) is 4.57. The Morgan fingerprint density at radius 2 is 1.71 bits per heavy atom. The van der Waals surface area contributed by atoms with Gasteiger partial charge >= 0.3 is 26.2 Å². The van der Waals surface area contributed by atoms with Gasteiger partial charge in [-0.2, -0.15) is 0 Å². The third-order valence-corrected chi connectivity index (χ3v) is 0. The predicted octanol–water partition coefficient (Wildman–Crippen LogP) is -1.79. The zero-order valence-corrected chi connectivity index (χ0v) is 5.43. The first-order valence-corrected chi connectivity index (χ1v) is 2.21.